The van der Waals surface area contributed by atoms with E-state index in [9.17, 15) is 0 Å². The second-order valence-corrected chi connectivity index (χ2v) is 4.20. The van der Waals surface area contributed by atoms with Crippen LogP contribution in [0, 0.1) is 0 Å². The van der Waals surface area contributed by atoms with Crippen molar-refractivity contribution >= 4 is 11.6 Å². The van der Waals surface area contributed by atoms with Crippen molar-refractivity contribution in [1.82, 2.24) is 15.1 Å². The molecule has 4 nitrogen and oxygen atoms in total. The predicted octanol–water partition coefficient (Wildman–Crippen LogP) is 2.63. The average molecular weight is 260 g/mol. The highest BCUT2D eigenvalue weighted by Gasteiger charge is 2.18. The Hall–Kier alpha value is -0.580. The largest absolute Gasteiger partial charge is 0.382 e. The molecule has 1 N–H and O–H groups in total. The van der Waals surface area contributed by atoms with E-state index >= 15 is 0 Å². The van der Waals surface area contributed by atoms with Crippen molar-refractivity contribution in [2.24, 2.45) is 0 Å². The number of nitrogens with one attached hydrogen (secondary N) is 1. The van der Waals surface area contributed by atoms with Gasteiger partial charge in [0.05, 0.1) is 23.0 Å². The van der Waals surface area contributed by atoms with Gasteiger partial charge in [-0.25, -0.2) is 0 Å². The van der Waals surface area contributed by atoms with Crippen LogP contribution in [0.2, 0.25) is 5.02 Å². The van der Waals surface area contributed by atoms with Gasteiger partial charge in [0.25, 0.3) is 0 Å². The van der Waals surface area contributed by atoms with E-state index in [2.05, 4.69) is 24.3 Å². The summed E-state index contributed by atoms with van der Waals surface area (Å²) >= 11 is 6.20. The molecule has 0 saturated carbocycles. The highest BCUT2D eigenvalue weighted by atomic mass is 35.5. The fraction of sp³-hybridized carbons (Fsp3) is 0.750. The zero-order chi connectivity index (χ0) is 12.7. The first kappa shape index (κ1) is 14.5. The van der Waals surface area contributed by atoms with E-state index in [0.29, 0.717) is 0 Å². The molecule has 5 heteroatoms. The molecule has 0 spiro atoms. The molecule has 1 aromatic heterocycles. The first-order valence-corrected chi connectivity index (χ1v) is 6.64. The molecule has 17 heavy (non-hydrogen) atoms. The molecule has 0 fully saturated rings. The van der Waals surface area contributed by atoms with Crippen LogP contribution in [0.1, 0.15) is 38.9 Å². The Morgan fingerprint density at radius 1 is 1.47 bits per heavy atom. The van der Waals surface area contributed by atoms with E-state index in [-0.39, 0.29) is 6.04 Å². The Morgan fingerprint density at radius 2 is 2.24 bits per heavy atom. The van der Waals surface area contributed by atoms with E-state index < -0.39 is 0 Å². The number of rotatable bonds is 8. The lowest BCUT2D eigenvalue weighted by atomic mass is 10.1. The second kappa shape index (κ2) is 7.69. The minimum absolute atomic E-state index is 0.210. The maximum Gasteiger partial charge on any atom is 0.0834 e. The normalized spacial score (nSPS) is 12.9. The molecule has 1 unspecified atom stereocenters. The molecule has 0 amide bonds. The summed E-state index contributed by atoms with van der Waals surface area (Å²) in [5, 5.41) is 8.43. The maximum atomic E-state index is 6.20. The number of halogens is 1. The summed E-state index contributed by atoms with van der Waals surface area (Å²) in [7, 11) is 0. The molecule has 0 aliphatic heterocycles. The van der Waals surface area contributed by atoms with Crippen LogP contribution >= 0.6 is 11.6 Å². The van der Waals surface area contributed by atoms with Crippen LogP contribution < -0.4 is 5.32 Å². The third-order valence-electron chi connectivity index (χ3n) is 2.67. The molecule has 0 saturated heterocycles. The lowest BCUT2D eigenvalue weighted by molar-refractivity contribution is 0.135. The zero-order valence-corrected chi connectivity index (χ0v) is 11.6. The average Bonchev–Trinajstić information content (AvgIpc) is 2.69. The Morgan fingerprint density at radius 3 is 2.82 bits per heavy atom. The monoisotopic (exact) mass is 259 g/mol. The lowest BCUT2D eigenvalue weighted by Gasteiger charge is -2.19. The van der Waals surface area contributed by atoms with Gasteiger partial charge in [0.15, 0.2) is 0 Å². The van der Waals surface area contributed by atoms with Gasteiger partial charge in [-0.1, -0.05) is 18.5 Å². The Kier molecular flexibility index (Phi) is 6.55. The lowest BCUT2D eigenvalue weighted by Crippen LogP contribution is -2.25. The van der Waals surface area contributed by atoms with E-state index in [1.54, 1.807) is 6.20 Å². The third-order valence-corrected chi connectivity index (χ3v) is 2.96. The molecule has 0 aliphatic rings. The van der Waals surface area contributed by atoms with E-state index in [1.165, 1.54) is 0 Å². The van der Waals surface area contributed by atoms with Crippen LogP contribution in [0.15, 0.2) is 6.20 Å². The summed E-state index contributed by atoms with van der Waals surface area (Å²) < 4.78 is 7.36. The standard InChI is InChI=1S/C12H22ClN3O/c1-4-14-11(7-8-17-6-3)12-10(13)9-15-16(12)5-2/h9,11,14H,4-8H2,1-3H3. The molecule has 1 aromatic rings. The van der Waals surface area contributed by atoms with Crippen molar-refractivity contribution in [2.45, 2.75) is 39.8 Å². The van der Waals surface area contributed by atoms with Crippen molar-refractivity contribution in [1.29, 1.82) is 0 Å². The van der Waals surface area contributed by atoms with Crippen LogP contribution in [0.5, 0.6) is 0 Å². The zero-order valence-electron chi connectivity index (χ0n) is 10.9. The van der Waals surface area contributed by atoms with Gasteiger partial charge < -0.3 is 10.1 Å². The molecular formula is C12H22ClN3O. The number of aryl methyl sites for hydroxylation is 1. The maximum absolute atomic E-state index is 6.20. The minimum atomic E-state index is 0.210. The Bertz CT molecular complexity index is 328. The topological polar surface area (TPSA) is 39.1 Å². The van der Waals surface area contributed by atoms with E-state index in [4.69, 9.17) is 16.3 Å². The first-order valence-electron chi connectivity index (χ1n) is 6.26. The number of ether oxygens (including phenoxy) is 1. The third kappa shape index (κ3) is 3.98. The van der Waals surface area contributed by atoms with Crippen LogP contribution in [-0.4, -0.2) is 29.5 Å². The van der Waals surface area contributed by atoms with Crippen molar-refractivity contribution in [3.05, 3.63) is 16.9 Å². The van der Waals surface area contributed by atoms with Gasteiger partial charge in [-0.2, -0.15) is 5.10 Å². The van der Waals surface area contributed by atoms with Gasteiger partial charge in [0, 0.05) is 19.8 Å². The van der Waals surface area contributed by atoms with Gasteiger partial charge >= 0.3 is 0 Å². The Labute approximate surface area is 108 Å². The molecule has 0 aliphatic carbocycles. The quantitative estimate of drug-likeness (QED) is 0.730. The fourth-order valence-electron chi connectivity index (χ4n) is 1.90. The second-order valence-electron chi connectivity index (χ2n) is 3.79. The summed E-state index contributed by atoms with van der Waals surface area (Å²) in [4.78, 5) is 0. The van der Waals surface area contributed by atoms with Crippen LogP contribution in [-0.2, 0) is 11.3 Å². The summed E-state index contributed by atoms with van der Waals surface area (Å²) in [5.74, 6) is 0. The molecule has 0 aromatic carbocycles. The van der Waals surface area contributed by atoms with Gasteiger partial charge in [-0.05, 0) is 26.8 Å². The van der Waals surface area contributed by atoms with Gasteiger partial charge in [-0.3, -0.25) is 4.68 Å². The predicted molar refractivity (Wildman–Crippen MR) is 70.4 cm³/mol. The van der Waals surface area contributed by atoms with Crippen LogP contribution in [0.4, 0.5) is 0 Å². The summed E-state index contributed by atoms with van der Waals surface area (Å²) in [5.41, 5.74) is 1.07. The molecule has 98 valence electrons. The van der Waals surface area contributed by atoms with Gasteiger partial charge in [0.2, 0.25) is 0 Å². The molecule has 1 heterocycles. The van der Waals surface area contributed by atoms with E-state index in [1.807, 2.05) is 11.6 Å². The number of hydrogen-bond donors (Lipinski definition) is 1. The molecular weight excluding hydrogens is 238 g/mol. The fourth-order valence-corrected chi connectivity index (χ4v) is 2.17. The summed E-state index contributed by atoms with van der Waals surface area (Å²) in [6.45, 7) is 9.39. The highest BCUT2D eigenvalue weighted by Crippen LogP contribution is 2.25. The Balaban J connectivity index is 2.76. The number of aromatic nitrogens is 2. The summed E-state index contributed by atoms with van der Waals surface area (Å²) in [6.07, 6.45) is 2.62. The smallest absolute Gasteiger partial charge is 0.0834 e. The summed E-state index contributed by atoms with van der Waals surface area (Å²) in [6, 6.07) is 0.210. The van der Waals surface area contributed by atoms with Gasteiger partial charge in [-0.15, -0.1) is 0 Å². The molecule has 1 atom stereocenters. The number of nitrogens with zero attached hydrogens (tertiary/aromatic N) is 2. The van der Waals surface area contributed by atoms with Crippen molar-refractivity contribution in [3.8, 4) is 0 Å². The molecule has 1 rings (SSSR count). The van der Waals surface area contributed by atoms with Gasteiger partial charge in [0.1, 0.15) is 0 Å². The van der Waals surface area contributed by atoms with Crippen molar-refractivity contribution in [2.75, 3.05) is 19.8 Å². The first-order chi connectivity index (χ1) is 8.24. The van der Waals surface area contributed by atoms with E-state index in [0.717, 1.165) is 43.4 Å². The van der Waals surface area contributed by atoms with Crippen molar-refractivity contribution in [3.63, 3.8) is 0 Å². The van der Waals surface area contributed by atoms with Crippen molar-refractivity contribution < 1.29 is 4.74 Å². The SMILES string of the molecule is CCNC(CCOCC)c1c(Cl)cnn1CC. The minimum Gasteiger partial charge on any atom is -0.382 e. The molecule has 0 bridgehead atoms. The van der Waals surface area contributed by atoms with Crippen LogP contribution in [0.3, 0.4) is 0 Å². The highest BCUT2D eigenvalue weighted by molar-refractivity contribution is 6.31. The molecule has 0 radical (unpaired) electrons. The van der Waals surface area contributed by atoms with Crippen LogP contribution in [0.25, 0.3) is 0 Å². The number of hydrogen-bond acceptors (Lipinski definition) is 3.